The van der Waals surface area contributed by atoms with E-state index in [0.717, 1.165) is 11.1 Å². The third-order valence-electron chi connectivity index (χ3n) is 2.58. The number of ether oxygens (including phenoxy) is 1. The molecule has 2 rings (SSSR count). The van der Waals surface area contributed by atoms with Gasteiger partial charge in [0.25, 0.3) is 0 Å². The first kappa shape index (κ1) is 11.2. The van der Waals surface area contributed by atoms with Crippen LogP contribution in [0.1, 0.15) is 11.1 Å². The molecule has 5 nitrogen and oxygen atoms in total. The van der Waals surface area contributed by atoms with Crippen LogP contribution >= 0.6 is 0 Å². The second-order valence-electron chi connectivity index (χ2n) is 3.64. The van der Waals surface area contributed by atoms with E-state index in [1.807, 2.05) is 24.3 Å². The Morgan fingerprint density at radius 1 is 1.06 bits per heavy atom. The smallest absolute Gasteiger partial charge is 0.346 e. The van der Waals surface area contributed by atoms with Gasteiger partial charge in [0.2, 0.25) is 0 Å². The second-order valence-corrected chi connectivity index (χ2v) is 3.64. The molecule has 1 heterocycles. The Hall–Kier alpha value is -2.30. The summed E-state index contributed by atoms with van der Waals surface area (Å²) < 4.78 is 5.21. The Morgan fingerprint density at radius 2 is 1.65 bits per heavy atom. The zero-order valence-electron chi connectivity index (χ0n) is 8.84. The topological polar surface area (TPSA) is 83.8 Å². The van der Waals surface area contributed by atoms with E-state index in [2.05, 4.69) is 0 Å². The molecule has 0 radical (unpaired) electrons. The summed E-state index contributed by atoms with van der Waals surface area (Å²) in [7, 11) is 0. The Balaban J connectivity index is 2.42. The van der Waals surface area contributed by atoms with Crippen molar-refractivity contribution in [2.45, 2.75) is 13.0 Å². The average Bonchev–Trinajstić information content (AvgIpc) is 2.28. The lowest BCUT2D eigenvalue weighted by molar-refractivity contribution is -0.140. The number of fused-ring (bicyclic) bond motifs is 1. The highest BCUT2D eigenvalue weighted by molar-refractivity contribution is 6.12. The summed E-state index contributed by atoms with van der Waals surface area (Å²) in [5.41, 5.74) is 1.15. The van der Waals surface area contributed by atoms with Crippen molar-refractivity contribution < 1.29 is 24.5 Å². The molecule has 1 aliphatic rings. The lowest BCUT2D eigenvalue weighted by Gasteiger charge is -2.20. The fraction of sp³-hybridized carbons (Fsp3) is 0.167. The van der Waals surface area contributed by atoms with Crippen LogP contribution in [0.3, 0.4) is 0 Å². The van der Waals surface area contributed by atoms with Crippen LogP contribution in [0.4, 0.5) is 0 Å². The van der Waals surface area contributed by atoms with Crippen LogP contribution in [-0.2, 0) is 27.4 Å². The minimum atomic E-state index is -1.48. The Kier molecular flexibility index (Phi) is 2.82. The summed E-state index contributed by atoms with van der Waals surface area (Å²) in [5, 5.41) is 17.7. The molecule has 5 heteroatoms. The number of rotatable bonds is 2. The van der Waals surface area contributed by atoms with Gasteiger partial charge in [-0.3, -0.25) is 0 Å². The molecule has 0 atom stereocenters. The van der Waals surface area contributed by atoms with Crippen molar-refractivity contribution in [2.75, 3.05) is 0 Å². The first-order valence-corrected chi connectivity index (χ1v) is 4.99. The van der Waals surface area contributed by atoms with Gasteiger partial charge in [0.1, 0.15) is 12.4 Å². The van der Waals surface area contributed by atoms with Crippen LogP contribution < -0.4 is 0 Å². The molecular formula is C12H10O5. The number of carbonyl (C=O) groups is 2. The predicted molar refractivity (Wildman–Crippen MR) is 57.2 cm³/mol. The lowest BCUT2D eigenvalue weighted by atomic mass is 9.99. The van der Waals surface area contributed by atoms with E-state index in [1.54, 1.807) is 0 Å². The van der Waals surface area contributed by atoms with Crippen molar-refractivity contribution in [3.05, 3.63) is 46.7 Å². The number of aliphatic carboxylic acids is 2. The predicted octanol–water partition coefficient (Wildman–Crippen LogP) is 1.18. The molecule has 0 aliphatic carbocycles. The molecule has 2 N–H and O–H groups in total. The van der Waals surface area contributed by atoms with Gasteiger partial charge in [-0.2, -0.15) is 0 Å². The maximum atomic E-state index is 10.8. The number of carboxylic acids is 2. The van der Waals surface area contributed by atoms with E-state index < -0.39 is 17.5 Å². The third-order valence-corrected chi connectivity index (χ3v) is 2.58. The van der Waals surface area contributed by atoms with Gasteiger partial charge in [-0.1, -0.05) is 24.3 Å². The van der Waals surface area contributed by atoms with Crippen molar-refractivity contribution in [1.82, 2.24) is 0 Å². The largest absolute Gasteiger partial charge is 0.492 e. The molecule has 0 amide bonds. The summed E-state index contributed by atoms with van der Waals surface area (Å²) in [6.07, 6.45) is 0.199. The number of hydrogen-bond donors (Lipinski definition) is 2. The van der Waals surface area contributed by atoms with Gasteiger partial charge >= 0.3 is 11.9 Å². The molecule has 0 bridgehead atoms. The second kappa shape index (κ2) is 4.29. The highest BCUT2D eigenvalue weighted by Gasteiger charge is 2.26. The first-order chi connectivity index (χ1) is 8.09. The Labute approximate surface area is 97.0 Å². The first-order valence-electron chi connectivity index (χ1n) is 4.99. The summed E-state index contributed by atoms with van der Waals surface area (Å²) in [6.45, 7) is 0.204. The molecule has 0 fully saturated rings. The van der Waals surface area contributed by atoms with Crippen molar-refractivity contribution in [3.63, 3.8) is 0 Å². The van der Waals surface area contributed by atoms with Crippen molar-refractivity contribution in [3.8, 4) is 0 Å². The van der Waals surface area contributed by atoms with Crippen LogP contribution in [0.15, 0.2) is 35.6 Å². The zero-order chi connectivity index (χ0) is 12.4. The third kappa shape index (κ3) is 2.13. The van der Waals surface area contributed by atoms with Gasteiger partial charge in [0, 0.05) is 6.42 Å². The van der Waals surface area contributed by atoms with Gasteiger partial charge in [0.15, 0.2) is 5.57 Å². The van der Waals surface area contributed by atoms with Gasteiger partial charge in [0.05, 0.1) is 0 Å². The van der Waals surface area contributed by atoms with Gasteiger partial charge < -0.3 is 14.9 Å². The Morgan fingerprint density at radius 3 is 2.24 bits per heavy atom. The van der Waals surface area contributed by atoms with Gasteiger partial charge in [-0.05, 0) is 11.1 Å². The van der Waals surface area contributed by atoms with Crippen LogP contribution in [0, 0.1) is 0 Å². The standard InChI is InChI=1S/C12H10O5/c13-11(14)10(12(15)16)9-5-7-3-1-2-4-8(7)6-17-9/h1-4H,5-6H2,(H,13,14)(H,15,16). The molecule has 0 spiro atoms. The molecule has 0 saturated heterocycles. The number of benzene rings is 1. The van der Waals surface area contributed by atoms with Gasteiger partial charge in [-0.15, -0.1) is 0 Å². The maximum absolute atomic E-state index is 10.8. The van der Waals surface area contributed by atoms with E-state index in [0.29, 0.717) is 0 Å². The molecule has 0 saturated carbocycles. The summed E-state index contributed by atoms with van der Waals surface area (Å²) >= 11 is 0. The lowest BCUT2D eigenvalue weighted by Crippen LogP contribution is -2.19. The molecule has 17 heavy (non-hydrogen) atoms. The fourth-order valence-electron chi connectivity index (χ4n) is 1.75. The number of allylic oxidation sites excluding steroid dienone is 1. The van der Waals surface area contributed by atoms with Crippen molar-refractivity contribution >= 4 is 11.9 Å². The molecule has 88 valence electrons. The molecule has 1 aromatic rings. The monoisotopic (exact) mass is 234 g/mol. The highest BCUT2D eigenvalue weighted by atomic mass is 16.5. The zero-order valence-corrected chi connectivity index (χ0v) is 8.84. The van der Waals surface area contributed by atoms with E-state index in [9.17, 15) is 9.59 Å². The summed E-state index contributed by atoms with van der Waals surface area (Å²) in [4.78, 5) is 21.7. The van der Waals surface area contributed by atoms with E-state index in [-0.39, 0.29) is 18.8 Å². The average molecular weight is 234 g/mol. The summed E-state index contributed by atoms with van der Waals surface area (Å²) in [5.74, 6) is -2.96. The van der Waals surface area contributed by atoms with Crippen LogP contribution in [0.2, 0.25) is 0 Å². The maximum Gasteiger partial charge on any atom is 0.346 e. The van der Waals surface area contributed by atoms with E-state index in [4.69, 9.17) is 14.9 Å². The SMILES string of the molecule is O=C(O)C(C(=O)O)=C1Cc2ccccc2CO1. The minimum absolute atomic E-state index is 0.00343. The molecular weight excluding hydrogens is 224 g/mol. The van der Waals surface area contributed by atoms with Crippen molar-refractivity contribution in [2.24, 2.45) is 0 Å². The molecule has 0 aromatic heterocycles. The highest BCUT2D eigenvalue weighted by Crippen LogP contribution is 2.24. The number of carboxylic acid groups (broad SMARTS) is 2. The Bertz CT molecular complexity index is 499. The minimum Gasteiger partial charge on any atom is -0.492 e. The van der Waals surface area contributed by atoms with Crippen molar-refractivity contribution in [1.29, 1.82) is 0 Å². The summed E-state index contributed by atoms with van der Waals surface area (Å²) in [6, 6.07) is 7.38. The fourth-order valence-corrected chi connectivity index (χ4v) is 1.75. The van der Waals surface area contributed by atoms with Gasteiger partial charge in [-0.25, -0.2) is 9.59 Å². The molecule has 0 unspecified atom stereocenters. The molecule has 1 aliphatic heterocycles. The molecule has 1 aromatic carbocycles. The van der Waals surface area contributed by atoms with E-state index in [1.165, 1.54) is 0 Å². The normalized spacial score (nSPS) is 13.5. The quantitative estimate of drug-likeness (QED) is 0.456. The number of hydrogen-bond acceptors (Lipinski definition) is 3. The van der Waals surface area contributed by atoms with Crippen LogP contribution in [-0.4, -0.2) is 22.2 Å². The van der Waals surface area contributed by atoms with E-state index >= 15 is 0 Å². The van der Waals surface area contributed by atoms with Crippen LogP contribution in [0.25, 0.3) is 0 Å². The van der Waals surface area contributed by atoms with Crippen LogP contribution in [0.5, 0.6) is 0 Å².